The smallest absolute Gasteiger partial charge is 0.111 e. The van der Waals surface area contributed by atoms with Crippen molar-refractivity contribution < 1.29 is 25.2 Å². The molecule has 0 saturated carbocycles. The molecule has 0 aliphatic carbocycles. The molecule has 5 atom stereocenters. The molecule has 1 unspecified atom stereocenters. The normalized spacial score (nSPS) is 28.0. The van der Waals surface area contributed by atoms with Crippen LogP contribution < -0.4 is 0 Å². The number of hydrogen-bond donors (Lipinski definition) is 4. The number of aliphatic hydroxyl groups excluding tert-OH is 4. The second-order valence-corrected chi connectivity index (χ2v) is 8.61. The Morgan fingerprint density at radius 2 is 0.929 bits per heavy atom. The zero-order valence-electron chi connectivity index (χ0n) is 18.1. The van der Waals surface area contributed by atoms with Gasteiger partial charge in [-0.3, -0.25) is 0 Å². The van der Waals surface area contributed by atoms with Crippen molar-refractivity contribution in [3.05, 3.63) is 0 Å². The van der Waals surface area contributed by atoms with Gasteiger partial charge >= 0.3 is 0 Å². The summed E-state index contributed by atoms with van der Waals surface area (Å²) in [6.45, 7) is 1.92. The number of hydrogen-bond acceptors (Lipinski definition) is 5. The second-order valence-electron chi connectivity index (χ2n) is 8.61. The molecule has 1 saturated heterocycles. The van der Waals surface area contributed by atoms with Gasteiger partial charge in [-0.15, -0.1) is 0 Å². The lowest BCUT2D eigenvalue weighted by Crippen LogP contribution is -2.58. The van der Waals surface area contributed by atoms with E-state index in [2.05, 4.69) is 6.92 Å². The first-order valence-corrected chi connectivity index (χ1v) is 11.9. The van der Waals surface area contributed by atoms with Crippen LogP contribution in [-0.2, 0) is 4.74 Å². The maximum atomic E-state index is 10.0. The van der Waals surface area contributed by atoms with Crippen LogP contribution >= 0.6 is 0 Å². The lowest BCUT2D eigenvalue weighted by Gasteiger charge is -2.40. The van der Waals surface area contributed by atoms with E-state index in [4.69, 9.17) is 4.74 Å². The highest BCUT2D eigenvalue weighted by molar-refractivity contribution is 4.91. The minimum Gasteiger partial charge on any atom is -0.394 e. The molecule has 0 aromatic carbocycles. The van der Waals surface area contributed by atoms with Gasteiger partial charge in [0.2, 0.25) is 0 Å². The summed E-state index contributed by atoms with van der Waals surface area (Å²) < 4.78 is 5.54. The number of rotatable bonds is 17. The maximum Gasteiger partial charge on any atom is 0.111 e. The molecule has 0 bridgehead atoms. The molecule has 1 aliphatic heterocycles. The highest BCUT2D eigenvalue weighted by Crippen LogP contribution is 2.25. The van der Waals surface area contributed by atoms with E-state index in [-0.39, 0.29) is 6.61 Å². The Hall–Kier alpha value is -0.200. The molecule has 4 N–H and O–H groups in total. The van der Waals surface area contributed by atoms with Crippen molar-refractivity contribution in [3.8, 4) is 0 Å². The molecule has 1 fully saturated rings. The van der Waals surface area contributed by atoms with E-state index in [0.717, 1.165) is 12.8 Å². The molecular formula is C23H46O5. The van der Waals surface area contributed by atoms with Crippen molar-refractivity contribution in [2.24, 2.45) is 0 Å². The van der Waals surface area contributed by atoms with Crippen LogP contribution in [0, 0.1) is 0 Å². The van der Waals surface area contributed by atoms with Crippen molar-refractivity contribution in [2.75, 3.05) is 6.61 Å². The third kappa shape index (κ3) is 10.5. The van der Waals surface area contributed by atoms with E-state index in [1.807, 2.05) is 0 Å². The first kappa shape index (κ1) is 25.8. The van der Waals surface area contributed by atoms with Crippen LogP contribution in [0.5, 0.6) is 0 Å². The Labute approximate surface area is 172 Å². The number of unbranched alkanes of at least 4 members (excludes halogenated alkanes) is 14. The minimum absolute atomic E-state index is 0.347. The third-order valence-corrected chi connectivity index (χ3v) is 6.08. The highest BCUT2D eigenvalue weighted by atomic mass is 16.5. The predicted octanol–water partition coefficient (Wildman–Crippen LogP) is 4.09. The number of aliphatic hydroxyl groups is 4. The summed E-state index contributed by atoms with van der Waals surface area (Å²) in [4.78, 5) is 0. The predicted molar refractivity (Wildman–Crippen MR) is 113 cm³/mol. The molecule has 0 radical (unpaired) electrons. The van der Waals surface area contributed by atoms with Crippen molar-refractivity contribution in [2.45, 2.75) is 140 Å². The van der Waals surface area contributed by atoms with Gasteiger partial charge in [0.1, 0.15) is 24.4 Å². The zero-order chi connectivity index (χ0) is 20.6. The van der Waals surface area contributed by atoms with Gasteiger partial charge in [0.25, 0.3) is 0 Å². The fourth-order valence-electron chi connectivity index (χ4n) is 4.13. The van der Waals surface area contributed by atoms with Crippen molar-refractivity contribution in [3.63, 3.8) is 0 Å². The van der Waals surface area contributed by atoms with Gasteiger partial charge in [0, 0.05) is 0 Å². The first-order valence-electron chi connectivity index (χ1n) is 11.9. The molecule has 1 aliphatic rings. The van der Waals surface area contributed by atoms with Crippen LogP contribution in [0.4, 0.5) is 0 Å². The van der Waals surface area contributed by atoms with E-state index in [9.17, 15) is 20.4 Å². The Bertz CT molecular complexity index is 350. The Morgan fingerprint density at radius 3 is 1.36 bits per heavy atom. The average molecular weight is 403 g/mol. The summed E-state index contributed by atoms with van der Waals surface area (Å²) in [7, 11) is 0. The fourth-order valence-corrected chi connectivity index (χ4v) is 4.13. The average Bonchev–Trinajstić information content (AvgIpc) is 2.70. The maximum absolute atomic E-state index is 10.0. The van der Waals surface area contributed by atoms with Crippen molar-refractivity contribution in [1.29, 1.82) is 0 Å². The summed E-state index contributed by atoms with van der Waals surface area (Å²) in [5.41, 5.74) is 0. The van der Waals surface area contributed by atoms with Gasteiger partial charge in [-0.05, 0) is 6.42 Å². The molecule has 28 heavy (non-hydrogen) atoms. The van der Waals surface area contributed by atoms with E-state index in [0.29, 0.717) is 6.42 Å². The van der Waals surface area contributed by atoms with Crippen LogP contribution in [0.1, 0.15) is 110 Å². The molecule has 168 valence electrons. The zero-order valence-corrected chi connectivity index (χ0v) is 18.1. The van der Waals surface area contributed by atoms with Gasteiger partial charge in [-0.2, -0.15) is 0 Å². The van der Waals surface area contributed by atoms with Crippen LogP contribution in [0.25, 0.3) is 0 Å². The molecule has 1 rings (SSSR count). The Balaban J connectivity index is 1.90. The number of ether oxygens (including phenoxy) is 1. The van der Waals surface area contributed by atoms with Crippen molar-refractivity contribution >= 4 is 0 Å². The summed E-state index contributed by atoms with van der Waals surface area (Å²) in [5.74, 6) is 0. The monoisotopic (exact) mass is 402 g/mol. The summed E-state index contributed by atoms with van der Waals surface area (Å²) in [6.07, 6.45) is 15.4. The van der Waals surface area contributed by atoms with Gasteiger partial charge in [0.15, 0.2) is 0 Å². The molecule has 0 aromatic heterocycles. The lowest BCUT2D eigenvalue weighted by atomic mass is 9.92. The molecule has 0 amide bonds. The van der Waals surface area contributed by atoms with Gasteiger partial charge in [0.05, 0.1) is 12.7 Å². The lowest BCUT2D eigenvalue weighted by molar-refractivity contribution is -0.230. The van der Waals surface area contributed by atoms with Crippen molar-refractivity contribution in [1.82, 2.24) is 0 Å². The fraction of sp³-hybridized carbons (Fsp3) is 1.00. The molecular weight excluding hydrogens is 356 g/mol. The largest absolute Gasteiger partial charge is 0.394 e. The molecule has 1 heterocycles. The van der Waals surface area contributed by atoms with Crippen LogP contribution in [-0.4, -0.2) is 57.6 Å². The Kier molecular flexibility index (Phi) is 15.3. The van der Waals surface area contributed by atoms with Crippen LogP contribution in [0.2, 0.25) is 0 Å². The molecule has 0 aromatic rings. The molecule has 5 nitrogen and oxygen atoms in total. The first-order chi connectivity index (χ1) is 13.6. The third-order valence-electron chi connectivity index (χ3n) is 6.08. The molecule has 0 spiro atoms. The second kappa shape index (κ2) is 16.6. The topological polar surface area (TPSA) is 90.2 Å². The van der Waals surface area contributed by atoms with E-state index < -0.39 is 30.5 Å². The van der Waals surface area contributed by atoms with Gasteiger partial charge < -0.3 is 25.2 Å². The summed E-state index contributed by atoms with van der Waals surface area (Å²) in [6, 6.07) is 0. The van der Waals surface area contributed by atoms with Gasteiger partial charge in [-0.1, -0.05) is 103 Å². The van der Waals surface area contributed by atoms with Crippen LogP contribution in [0.3, 0.4) is 0 Å². The quantitative estimate of drug-likeness (QED) is 0.275. The summed E-state index contributed by atoms with van der Waals surface area (Å²) >= 11 is 0. The highest BCUT2D eigenvalue weighted by Gasteiger charge is 2.42. The van der Waals surface area contributed by atoms with E-state index >= 15 is 0 Å². The SMILES string of the molecule is CCCCCCCCCCCCCCCCCC1O[C@@H](CO)[C@H](O)[C@H](O)[C@@H]1O. The van der Waals surface area contributed by atoms with E-state index in [1.54, 1.807) is 0 Å². The van der Waals surface area contributed by atoms with E-state index in [1.165, 1.54) is 83.5 Å². The Morgan fingerprint density at radius 1 is 0.536 bits per heavy atom. The minimum atomic E-state index is -1.24. The standard InChI is InChI=1S/C23H46O5/c1-2-3-4-5-6-7-8-9-10-11-12-13-14-15-16-17-19-21(25)23(27)22(26)20(18-24)28-19/h19-27H,2-18H2,1H3/t19?,20-,21+,22-,23+/m0/s1. The van der Waals surface area contributed by atoms with Crippen LogP contribution in [0.15, 0.2) is 0 Å². The summed E-state index contributed by atoms with van der Waals surface area (Å²) in [5, 5.41) is 38.8. The molecule has 5 heteroatoms. The van der Waals surface area contributed by atoms with Gasteiger partial charge in [-0.25, -0.2) is 0 Å².